The molecule has 2 heteroatoms. The fourth-order valence-electron chi connectivity index (χ4n) is 9.03. The average Bonchev–Trinajstić information content (AvgIpc) is 3.49. The number of nitrogens with zero attached hydrogens (tertiary/aromatic N) is 2. The number of hydrogen-bond donors (Lipinski definition) is 0. The zero-order chi connectivity index (χ0) is 38.1. The quantitative estimate of drug-likeness (QED) is 0.176. The summed E-state index contributed by atoms with van der Waals surface area (Å²) in [5.41, 5.74) is 15.1. The van der Waals surface area contributed by atoms with Gasteiger partial charge in [-0.1, -0.05) is 178 Å². The molecule has 0 aliphatic heterocycles. The summed E-state index contributed by atoms with van der Waals surface area (Å²) < 4.78 is 0. The van der Waals surface area contributed by atoms with Crippen molar-refractivity contribution in [3.63, 3.8) is 0 Å². The first-order valence-electron chi connectivity index (χ1n) is 19.7. The molecular formula is C55H38N2. The predicted octanol–water partition coefficient (Wildman–Crippen LogP) is 14.6. The Labute approximate surface area is 332 Å². The van der Waals surface area contributed by atoms with E-state index in [9.17, 15) is 0 Å². The van der Waals surface area contributed by atoms with Crippen LogP contribution in [0, 0.1) is 0 Å². The van der Waals surface area contributed by atoms with Crippen LogP contribution < -0.4 is 0 Å². The van der Waals surface area contributed by atoms with Crippen molar-refractivity contribution < 1.29 is 0 Å². The van der Waals surface area contributed by atoms with Crippen LogP contribution in [0.3, 0.4) is 0 Å². The number of fused-ring (bicyclic) bond motifs is 6. The third kappa shape index (κ3) is 5.56. The lowest BCUT2D eigenvalue weighted by Crippen LogP contribution is -2.14. The highest BCUT2D eigenvalue weighted by Gasteiger charge is 2.36. The smallest absolute Gasteiger partial charge is 0.160 e. The van der Waals surface area contributed by atoms with E-state index in [0.29, 0.717) is 5.82 Å². The predicted molar refractivity (Wildman–Crippen MR) is 239 cm³/mol. The van der Waals surface area contributed by atoms with Crippen LogP contribution in [0.2, 0.25) is 0 Å². The molecule has 2 nitrogen and oxygen atoms in total. The van der Waals surface area contributed by atoms with Gasteiger partial charge < -0.3 is 0 Å². The van der Waals surface area contributed by atoms with Crippen LogP contribution in [-0.2, 0) is 5.41 Å². The fraction of sp³-hybridized carbons (Fsp3) is 0.0545. The topological polar surface area (TPSA) is 25.8 Å². The van der Waals surface area contributed by atoms with E-state index in [0.717, 1.165) is 33.5 Å². The van der Waals surface area contributed by atoms with E-state index >= 15 is 0 Å². The molecule has 1 aromatic heterocycles. The molecule has 0 radical (unpaired) electrons. The van der Waals surface area contributed by atoms with Crippen LogP contribution >= 0.6 is 0 Å². The Morgan fingerprint density at radius 3 is 1.63 bits per heavy atom. The molecule has 10 aromatic rings. The van der Waals surface area contributed by atoms with Gasteiger partial charge in [0.05, 0.1) is 11.4 Å². The first-order chi connectivity index (χ1) is 28.0. The molecule has 1 aliphatic rings. The summed E-state index contributed by atoms with van der Waals surface area (Å²) in [5.74, 6) is 0.704. The van der Waals surface area contributed by atoms with Crippen molar-refractivity contribution in [1.82, 2.24) is 9.97 Å². The molecule has 0 saturated heterocycles. The largest absolute Gasteiger partial charge is 0.228 e. The Kier molecular flexibility index (Phi) is 7.55. The third-order valence-electron chi connectivity index (χ3n) is 12.1. The average molecular weight is 727 g/mol. The maximum atomic E-state index is 5.32. The minimum atomic E-state index is -0.0749. The molecule has 1 aliphatic carbocycles. The van der Waals surface area contributed by atoms with Gasteiger partial charge in [0.2, 0.25) is 0 Å². The van der Waals surface area contributed by atoms with Crippen LogP contribution in [0.25, 0.3) is 99.6 Å². The molecule has 11 rings (SSSR count). The van der Waals surface area contributed by atoms with E-state index in [1.54, 1.807) is 0 Å². The van der Waals surface area contributed by atoms with Crippen molar-refractivity contribution >= 4 is 32.3 Å². The first-order valence-corrected chi connectivity index (χ1v) is 19.7. The van der Waals surface area contributed by atoms with E-state index in [-0.39, 0.29) is 5.41 Å². The second-order valence-corrected chi connectivity index (χ2v) is 15.8. The molecule has 0 spiro atoms. The van der Waals surface area contributed by atoms with Crippen molar-refractivity contribution in [2.45, 2.75) is 19.3 Å². The monoisotopic (exact) mass is 726 g/mol. The van der Waals surface area contributed by atoms with Crippen molar-refractivity contribution in [3.05, 3.63) is 205 Å². The summed E-state index contributed by atoms with van der Waals surface area (Å²) in [6.07, 6.45) is 0. The van der Waals surface area contributed by atoms with Crippen LogP contribution in [0.1, 0.15) is 25.0 Å². The number of hydrogen-bond acceptors (Lipinski definition) is 2. The van der Waals surface area contributed by atoms with Gasteiger partial charge in [-0.3, -0.25) is 0 Å². The van der Waals surface area contributed by atoms with Gasteiger partial charge in [-0.2, -0.15) is 0 Å². The van der Waals surface area contributed by atoms with Gasteiger partial charge in [0.1, 0.15) is 0 Å². The highest BCUT2D eigenvalue weighted by molar-refractivity contribution is 6.06. The lowest BCUT2D eigenvalue weighted by Gasteiger charge is -2.22. The van der Waals surface area contributed by atoms with Crippen LogP contribution in [0.15, 0.2) is 194 Å². The first kappa shape index (κ1) is 33.2. The Hall–Kier alpha value is -7.16. The standard InChI is InChI=1S/C55H38N2/c1-55(2)50-29-26-42(32-48(50)49-31-40-16-8-9-17-41(40)33-51(49)55)44-27-28-47(46-19-11-10-18-45(44)46)53-34-52(43-25-22-36-14-6-7-15-39(36)30-43)56-54(57-53)38-23-20-37(21-24-38)35-12-4-3-5-13-35/h3-34H,1-2H3. The molecule has 57 heavy (non-hydrogen) atoms. The molecule has 268 valence electrons. The van der Waals surface area contributed by atoms with Crippen LogP contribution in [0.4, 0.5) is 0 Å². The third-order valence-corrected chi connectivity index (χ3v) is 12.1. The summed E-state index contributed by atoms with van der Waals surface area (Å²) in [4.78, 5) is 10.5. The molecule has 0 saturated carbocycles. The molecule has 9 aromatic carbocycles. The van der Waals surface area contributed by atoms with Gasteiger partial charge in [-0.25, -0.2) is 9.97 Å². The highest BCUT2D eigenvalue weighted by Crippen LogP contribution is 2.51. The zero-order valence-electron chi connectivity index (χ0n) is 31.9. The van der Waals surface area contributed by atoms with Gasteiger partial charge >= 0.3 is 0 Å². The molecule has 0 fully saturated rings. The van der Waals surface area contributed by atoms with Gasteiger partial charge in [-0.15, -0.1) is 0 Å². The number of aromatic nitrogens is 2. The van der Waals surface area contributed by atoms with Gasteiger partial charge in [0, 0.05) is 22.1 Å². The molecule has 0 N–H and O–H groups in total. The SMILES string of the molecule is CC1(C)c2ccc(-c3ccc(-c4cc(-c5ccc6ccccc6c5)nc(-c5ccc(-c6ccccc6)cc5)n4)c4ccccc34)cc2-c2cc3ccccc3cc21. The Balaban J connectivity index is 1.06. The molecule has 0 unspecified atom stereocenters. The van der Waals surface area contributed by atoms with Crippen molar-refractivity contribution in [3.8, 4) is 67.3 Å². The Morgan fingerprint density at radius 1 is 0.316 bits per heavy atom. The van der Waals surface area contributed by atoms with Crippen molar-refractivity contribution in [2.75, 3.05) is 0 Å². The molecular weight excluding hydrogens is 689 g/mol. The van der Waals surface area contributed by atoms with E-state index < -0.39 is 0 Å². The van der Waals surface area contributed by atoms with Gasteiger partial charge in [0.25, 0.3) is 0 Å². The van der Waals surface area contributed by atoms with Crippen LogP contribution in [0.5, 0.6) is 0 Å². The second kappa shape index (κ2) is 13.0. The Morgan fingerprint density at radius 2 is 0.860 bits per heavy atom. The second-order valence-electron chi connectivity index (χ2n) is 15.8. The minimum absolute atomic E-state index is 0.0749. The van der Waals surface area contributed by atoms with E-state index in [2.05, 4.69) is 208 Å². The molecule has 1 heterocycles. The molecule has 0 bridgehead atoms. The molecule has 0 atom stereocenters. The summed E-state index contributed by atoms with van der Waals surface area (Å²) in [6.45, 7) is 4.71. The summed E-state index contributed by atoms with van der Waals surface area (Å²) in [7, 11) is 0. The van der Waals surface area contributed by atoms with E-state index in [4.69, 9.17) is 9.97 Å². The lowest BCUT2D eigenvalue weighted by atomic mass is 9.81. The summed E-state index contributed by atoms with van der Waals surface area (Å²) in [5, 5.41) is 7.33. The Bertz CT molecular complexity index is 3190. The molecule has 0 amide bonds. The van der Waals surface area contributed by atoms with Crippen LogP contribution in [-0.4, -0.2) is 9.97 Å². The van der Waals surface area contributed by atoms with Crippen molar-refractivity contribution in [1.29, 1.82) is 0 Å². The van der Waals surface area contributed by atoms with Crippen molar-refractivity contribution in [2.24, 2.45) is 0 Å². The lowest BCUT2D eigenvalue weighted by molar-refractivity contribution is 0.661. The number of benzene rings is 9. The normalized spacial score (nSPS) is 12.9. The highest BCUT2D eigenvalue weighted by atomic mass is 14.9. The maximum absolute atomic E-state index is 5.32. The van der Waals surface area contributed by atoms with E-state index in [1.807, 2.05) is 0 Å². The summed E-state index contributed by atoms with van der Waals surface area (Å²) >= 11 is 0. The number of rotatable bonds is 5. The zero-order valence-corrected chi connectivity index (χ0v) is 31.9. The van der Waals surface area contributed by atoms with Gasteiger partial charge in [0.15, 0.2) is 5.82 Å². The minimum Gasteiger partial charge on any atom is -0.228 e. The summed E-state index contributed by atoms with van der Waals surface area (Å²) in [6, 6.07) is 70.2. The van der Waals surface area contributed by atoms with E-state index in [1.165, 1.54) is 71.4 Å². The fourth-order valence-corrected chi connectivity index (χ4v) is 9.03. The van der Waals surface area contributed by atoms with Gasteiger partial charge in [-0.05, 0) is 107 Å². The maximum Gasteiger partial charge on any atom is 0.160 e.